The van der Waals surface area contributed by atoms with E-state index in [0.717, 1.165) is 6.07 Å². The second-order valence-electron chi connectivity index (χ2n) is 6.83. The Kier molecular flexibility index (Phi) is 7.31. The third-order valence-corrected chi connectivity index (χ3v) is 4.26. The van der Waals surface area contributed by atoms with Crippen LogP contribution in [-0.2, 0) is 24.1 Å². The molecule has 0 bridgehead atoms. The highest BCUT2D eigenvalue weighted by Gasteiger charge is 2.33. The van der Waals surface area contributed by atoms with Gasteiger partial charge in [-0.3, -0.25) is 9.69 Å². The van der Waals surface area contributed by atoms with Crippen LogP contribution in [0.3, 0.4) is 0 Å². The van der Waals surface area contributed by atoms with Gasteiger partial charge in [0.25, 0.3) is 0 Å². The molecule has 0 unspecified atom stereocenters. The Labute approximate surface area is 181 Å². The number of aromatic nitrogens is 2. The molecule has 11 heteroatoms. The minimum atomic E-state index is -4.57. The van der Waals surface area contributed by atoms with E-state index in [1.807, 2.05) is 0 Å². The molecule has 0 aliphatic rings. The van der Waals surface area contributed by atoms with Gasteiger partial charge in [-0.05, 0) is 43.4 Å². The number of nitrogens with zero attached hydrogens (tertiary/aromatic N) is 3. The molecule has 0 saturated heterocycles. The number of ether oxygens (including phenoxy) is 2. The van der Waals surface area contributed by atoms with E-state index in [9.17, 15) is 18.0 Å². The summed E-state index contributed by atoms with van der Waals surface area (Å²) in [6, 6.07) is 11.8. The van der Waals surface area contributed by atoms with Gasteiger partial charge in [-0.15, -0.1) is 0 Å². The Bertz CT molecular complexity index is 1040. The van der Waals surface area contributed by atoms with Gasteiger partial charge in [-0.25, -0.2) is 0 Å². The maximum atomic E-state index is 13.1. The summed E-state index contributed by atoms with van der Waals surface area (Å²) in [6.07, 6.45) is -4.57. The third-order valence-electron chi connectivity index (χ3n) is 4.26. The molecule has 0 fully saturated rings. The zero-order chi connectivity index (χ0) is 23.1. The van der Waals surface area contributed by atoms with Crippen LogP contribution < -0.4 is 14.8 Å². The summed E-state index contributed by atoms with van der Waals surface area (Å²) in [5.41, 5.74) is -1.21. The van der Waals surface area contributed by atoms with E-state index in [2.05, 4.69) is 15.5 Å². The zero-order valence-corrected chi connectivity index (χ0v) is 17.3. The van der Waals surface area contributed by atoms with Gasteiger partial charge in [0.2, 0.25) is 17.6 Å². The van der Waals surface area contributed by atoms with Crippen molar-refractivity contribution in [2.24, 2.45) is 0 Å². The van der Waals surface area contributed by atoms with Crippen LogP contribution >= 0.6 is 0 Å². The number of para-hydroxylation sites is 1. The Balaban J connectivity index is 1.49. The average Bonchev–Trinajstić information content (AvgIpc) is 3.19. The van der Waals surface area contributed by atoms with Crippen LogP contribution in [0.5, 0.6) is 11.5 Å². The molecule has 0 saturated carbocycles. The summed E-state index contributed by atoms with van der Waals surface area (Å²) in [7, 11) is 3.17. The number of benzene rings is 2. The van der Waals surface area contributed by atoms with Crippen LogP contribution in [0.1, 0.15) is 17.3 Å². The number of likely N-dealkylation sites (N-methyl/N-ethyl adjacent to an activating group) is 1. The van der Waals surface area contributed by atoms with Gasteiger partial charge in [-0.2, -0.15) is 18.2 Å². The third kappa shape index (κ3) is 6.45. The zero-order valence-electron chi connectivity index (χ0n) is 17.3. The summed E-state index contributed by atoms with van der Waals surface area (Å²) in [5.74, 6) is 1.25. The molecule has 1 amide bonds. The summed E-state index contributed by atoms with van der Waals surface area (Å²) in [6.45, 7) is 0.0321. The lowest BCUT2D eigenvalue weighted by Crippen LogP contribution is -2.30. The Hall–Kier alpha value is -3.60. The molecule has 3 rings (SSSR count). The quantitative estimate of drug-likeness (QED) is 0.531. The first-order chi connectivity index (χ1) is 15.2. The molecule has 0 aliphatic carbocycles. The van der Waals surface area contributed by atoms with Gasteiger partial charge < -0.3 is 19.3 Å². The number of rotatable bonds is 9. The number of carbonyl (C=O) groups excluding carboxylic acids is 1. The summed E-state index contributed by atoms with van der Waals surface area (Å²) in [5, 5.41) is 6.10. The van der Waals surface area contributed by atoms with E-state index in [1.165, 1.54) is 23.1 Å². The van der Waals surface area contributed by atoms with Gasteiger partial charge >= 0.3 is 6.18 Å². The van der Waals surface area contributed by atoms with Crippen LogP contribution in [-0.4, -0.2) is 41.6 Å². The Morgan fingerprint density at radius 1 is 1.12 bits per heavy atom. The predicted octanol–water partition coefficient (Wildman–Crippen LogP) is 3.75. The van der Waals surface area contributed by atoms with Crippen molar-refractivity contribution < 1.29 is 32.0 Å². The Morgan fingerprint density at radius 3 is 2.50 bits per heavy atom. The van der Waals surface area contributed by atoms with E-state index < -0.39 is 17.6 Å². The van der Waals surface area contributed by atoms with Crippen molar-refractivity contribution in [3.63, 3.8) is 0 Å². The molecular weight excluding hydrogens is 429 g/mol. The minimum absolute atomic E-state index is 0.0776. The standard InChI is InChI=1S/C21H21F3N4O4/c1-28(11-19(29)25-17-6-4-3-5-16(17)21(22,23)24)12-20-26-18(27-32-20)13-31-15-9-7-14(30-2)8-10-15/h3-10H,11-13H2,1-2H3,(H,25,29). The van der Waals surface area contributed by atoms with Crippen molar-refractivity contribution in [3.05, 3.63) is 65.8 Å². The number of methoxy groups -OCH3 is 1. The van der Waals surface area contributed by atoms with Crippen molar-refractivity contribution in [2.75, 3.05) is 26.0 Å². The lowest BCUT2D eigenvalue weighted by atomic mass is 10.1. The van der Waals surface area contributed by atoms with Crippen LogP contribution in [0, 0.1) is 0 Å². The first kappa shape index (κ1) is 23.1. The van der Waals surface area contributed by atoms with Gasteiger partial charge in [0, 0.05) is 0 Å². The van der Waals surface area contributed by atoms with E-state index in [4.69, 9.17) is 14.0 Å². The van der Waals surface area contributed by atoms with Crippen LogP contribution in [0.2, 0.25) is 0 Å². The number of nitrogens with one attached hydrogen (secondary N) is 1. The van der Waals surface area contributed by atoms with Gasteiger partial charge in [-0.1, -0.05) is 17.3 Å². The van der Waals surface area contributed by atoms with Crippen molar-refractivity contribution >= 4 is 11.6 Å². The number of anilines is 1. The monoisotopic (exact) mass is 450 g/mol. The van der Waals surface area contributed by atoms with E-state index in [0.29, 0.717) is 17.3 Å². The smallest absolute Gasteiger partial charge is 0.418 e. The first-order valence-electron chi connectivity index (χ1n) is 9.47. The largest absolute Gasteiger partial charge is 0.497 e. The van der Waals surface area contributed by atoms with Crippen molar-refractivity contribution in [3.8, 4) is 11.5 Å². The van der Waals surface area contributed by atoms with Crippen molar-refractivity contribution in [1.82, 2.24) is 15.0 Å². The molecule has 3 aromatic rings. The molecule has 0 spiro atoms. The average molecular weight is 450 g/mol. The first-order valence-corrected chi connectivity index (χ1v) is 9.47. The van der Waals surface area contributed by atoms with Crippen LogP contribution in [0.15, 0.2) is 53.1 Å². The van der Waals surface area contributed by atoms with Gasteiger partial charge in [0.15, 0.2) is 6.61 Å². The molecule has 8 nitrogen and oxygen atoms in total. The summed E-state index contributed by atoms with van der Waals surface area (Å²) in [4.78, 5) is 17.9. The highest BCUT2D eigenvalue weighted by Crippen LogP contribution is 2.34. The highest BCUT2D eigenvalue weighted by molar-refractivity contribution is 5.93. The minimum Gasteiger partial charge on any atom is -0.497 e. The SMILES string of the molecule is COc1ccc(OCc2noc(CN(C)CC(=O)Nc3ccccc3C(F)(F)F)n2)cc1. The van der Waals surface area contributed by atoms with Crippen molar-refractivity contribution in [2.45, 2.75) is 19.3 Å². The molecule has 0 atom stereocenters. The molecule has 0 aliphatic heterocycles. The second-order valence-corrected chi connectivity index (χ2v) is 6.83. The van der Waals surface area contributed by atoms with Crippen LogP contribution in [0.25, 0.3) is 0 Å². The summed E-state index contributed by atoms with van der Waals surface area (Å²) < 4.78 is 54.9. The molecule has 1 N–H and O–H groups in total. The van der Waals surface area contributed by atoms with Gasteiger partial charge in [0.1, 0.15) is 11.5 Å². The molecule has 2 aromatic carbocycles. The molecule has 1 aromatic heterocycles. The van der Waals surface area contributed by atoms with Crippen molar-refractivity contribution in [1.29, 1.82) is 0 Å². The highest BCUT2D eigenvalue weighted by atomic mass is 19.4. The normalized spacial score (nSPS) is 11.4. The number of hydrogen-bond acceptors (Lipinski definition) is 7. The number of carbonyl (C=O) groups is 1. The number of halogens is 3. The molecule has 0 radical (unpaired) electrons. The number of hydrogen-bond donors (Lipinski definition) is 1. The van der Waals surface area contributed by atoms with E-state index >= 15 is 0 Å². The topological polar surface area (TPSA) is 89.7 Å². The lowest BCUT2D eigenvalue weighted by molar-refractivity contribution is -0.137. The molecule has 32 heavy (non-hydrogen) atoms. The summed E-state index contributed by atoms with van der Waals surface area (Å²) >= 11 is 0. The fraction of sp³-hybridized carbons (Fsp3) is 0.286. The number of amides is 1. The lowest BCUT2D eigenvalue weighted by Gasteiger charge is -2.16. The van der Waals surface area contributed by atoms with Gasteiger partial charge in [0.05, 0.1) is 31.5 Å². The predicted molar refractivity (Wildman–Crippen MR) is 108 cm³/mol. The maximum absolute atomic E-state index is 13.1. The maximum Gasteiger partial charge on any atom is 0.418 e. The molecule has 1 heterocycles. The van der Waals surface area contributed by atoms with E-state index in [1.54, 1.807) is 38.4 Å². The Morgan fingerprint density at radius 2 is 1.81 bits per heavy atom. The fourth-order valence-electron chi connectivity index (χ4n) is 2.79. The van der Waals surface area contributed by atoms with Crippen LogP contribution in [0.4, 0.5) is 18.9 Å². The molecular formula is C21H21F3N4O4. The number of alkyl halides is 3. The second kappa shape index (κ2) is 10.1. The van der Waals surface area contributed by atoms with E-state index in [-0.39, 0.29) is 31.3 Å². The molecule has 170 valence electrons. The fourth-order valence-corrected chi connectivity index (χ4v) is 2.79.